The van der Waals surface area contributed by atoms with Crippen LogP contribution in [0.1, 0.15) is 65.3 Å². The van der Waals surface area contributed by atoms with Crippen LogP contribution in [0, 0.1) is 0 Å². The van der Waals surface area contributed by atoms with E-state index in [0.29, 0.717) is 17.0 Å². The number of benzene rings is 1. The highest BCUT2D eigenvalue weighted by Gasteiger charge is 2.39. The van der Waals surface area contributed by atoms with Crippen molar-refractivity contribution >= 4 is 33.2 Å². The smallest absolute Gasteiger partial charge is 0.259 e. The maximum atomic E-state index is 13.2. The summed E-state index contributed by atoms with van der Waals surface area (Å²) >= 11 is 6.18. The Labute approximate surface area is 170 Å². The fourth-order valence-corrected chi connectivity index (χ4v) is 5.33. The van der Waals surface area contributed by atoms with Crippen molar-refractivity contribution in [3.8, 4) is 0 Å². The summed E-state index contributed by atoms with van der Waals surface area (Å²) in [4.78, 5) is 19.4. The summed E-state index contributed by atoms with van der Waals surface area (Å²) in [6.45, 7) is 2.04. The van der Waals surface area contributed by atoms with E-state index in [1.165, 1.54) is 0 Å². The number of aromatic nitrogens is 1. The number of hydrogen-bond donors (Lipinski definition) is 1. The lowest BCUT2D eigenvalue weighted by Gasteiger charge is -2.32. The van der Waals surface area contributed by atoms with Crippen molar-refractivity contribution < 1.29 is 13.2 Å². The highest BCUT2D eigenvalue weighted by atomic mass is 35.5. The Morgan fingerprint density at radius 3 is 2.79 bits per heavy atom. The Hall–Kier alpha value is -1.96. The number of nitrogens with one attached hydrogen (secondary N) is 1. The number of amides is 1. The van der Waals surface area contributed by atoms with E-state index in [9.17, 15) is 13.2 Å². The van der Waals surface area contributed by atoms with E-state index in [0.717, 1.165) is 47.9 Å². The average Bonchev–Trinajstić information content (AvgIpc) is 2.91. The maximum Gasteiger partial charge on any atom is 0.259 e. The number of halogens is 1. The minimum Gasteiger partial charge on any atom is -0.299 e. The highest BCUT2D eigenvalue weighted by Crippen LogP contribution is 2.44. The molecule has 1 aromatic heterocycles. The molecule has 2 atom stereocenters. The van der Waals surface area contributed by atoms with Gasteiger partial charge in [-0.3, -0.25) is 14.7 Å². The van der Waals surface area contributed by atoms with Crippen LogP contribution in [0.3, 0.4) is 0 Å². The van der Waals surface area contributed by atoms with Crippen molar-refractivity contribution in [2.24, 2.45) is 0 Å². The van der Waals surface area contributed by atoms with E-state index < -0.39 is 10.0 Å². The number of carbonyl (C=O) groups is 1. The lowest BCUT2D eigenvalue weighted by molar-refractivity contribution is 0.0990. The molecule has 0 bridgehead atoms. The Morgan fingerprint density at radius 1 is 1.29 bits per heavy atom. The van der Waals surface area contributed by atoms with E-state index in [1.807, 2.05) is 13.0 Å². The van der Waals surface area contributed by atoms with Gasteiger partial charge in [0.15, 0.2) is 0 Å². The van der Waals surface area contributed by atoms with Crippen LogP contribution >= 0.6 is 11.6 Å². The van der Waals surface area contributed by atoms with Gasteiger partial charge in [-0.2, -0.15) is 0 Å². The average molecular weight is 420 g/mol. The topological polar surface area (TPSA) is 79.4 Å². The van der Waals surface area contributed by atoms with Gasteiger partial charge in [-0.25, -0.2) is 13.1 Å². The molecule has 0 saturated heterocycles. The summed E-state index contributed by atoms with van der Waals surface area (Å²) in [5.41, 5.74) is 4.20. The summed E-state index contributed by atoms with van der Waals surface area (Å²) in [7, 11) is -3.35. The molecule has 2 heterocycles. The molecule has 1 aliphatic carbocycles. The maximum absolute atomic E-state index is 13.2. The van der Waals surface area contributed by atoms with Crippen LogP contribution in [0.4, 0.5) is 5.69 Å². The molecule has 0 fully saturated rings. The van der Waals surface area contributed by atoms with Crippen LogP contribution < -0.4 is 9.62 Å². The molecule has 4 rings (SSSR count). The Kier molecular flexibility index (Phi) is 4.93. The van der Waals surface area contributed by atoms with Crippen molar-refractivity contribution in [1.29, 1.82) is 0 Å². The summed E-state index contributed by atoms with van der Waals surface area (Å²) < 4.78 is 26.3. The third-order valence-corrected chi connectivity index (χ3v) is 6.45. The predicted octanol–water partition coefficient (Wildman–Crippen LogP) is 3.77. The normalized spacial score (nSPS) is 21.5. The van der Waals surface area contributed by atoms with Gasteiger partial charge in [-0.05, 0) is 60.6 Å². The number of rotatable bonds is 4. The van der Waals surface area contributed by atoms with Gasteiger partial charge < -0.3 is 0 Å². The Morgan fingerprint density at radius 2 is 2.07 bits per heavy atom. The molecule has 0 saturated carbocycles. The molecule has 2 unspecified atom stereocenters. The summed E-state index contributed by atoms with van der Waals surface area (Å²) in [6.07, 6.45) is 7.68. The van der Waals surface area contributed by atoms with Crippen molar-refractivity contribution in [3.05, 3.63) is 57.9 Å². The van der Waals surface area contributed by atoms with E-state index in [1.54, 1.807) is 29.4 Å². The van der Waals surface area contributed by atoms with Crippen molar-refractivity contribution in [1.82, 2.24) is 9.71 Å². The molecule has 1 aliphatic heterocycles. The lowest BCUT2D eigenvalue weighted by Crippen LogP contribution is -2.33. The van der Waals surface area contributed by atoms with Crippen LogP contribution in [-0.2, 0) is 16.4 Å². The van der Waals surface area contributed by atoms with Crippen molar-refractivity contribution in [2.75, 3.05) is 11.2 Å². The molecular formula is C20H22ClN3O3S. The van der Waals surface area contributed by atoms with E-state index in [2.05, 4.69) is 9.71 Å². The van der Waals surface area contributed by atoms with Gasteiger partial charge in [-0.1, -0.05) is 18.5 Å². The largest absolute Gasteiger partial charge is 0.299 e. The van der Waals surface area contributed by atoms with Gasteiger partial charge in [0.1, 0.15) is 0 Å². The first kappa shape index (κ1) is 19.4. The van der Waals surface area contributed by atoms with Crippen LogP contribution in [0.15, 0.2) is 30.6 Å². The minimum absolute atomic E-state index is 0.0630. The molecular weight excluding hydrogens is 398 g/mol. The molecule has 0 spiro atoms. The lowest BCUT2D eigenvalue weighted by atomic mass is 9.88. The third-order valence-electron chi connectivity index (χ3n) is 5.50. The molecule has 1 aromatic carbocycles. The Balaban J connectivity index is 1.81. The fourth-order valence-electron chi connectivity index (χ4n) is 4.39. The predicted molar refractivity (Wildman–Crippen MR) is 109 cm³/mol. The summed E-state index contributed by atoms with van der Waals surface area (Å²) in [5, 5.41) is 0.609. The number of pyridine rings is 1. The number of nitrogens with zero attached hydrogens (tertiary/aromatic N) is 2. The van der Waals surface area contributed by atoms with Crippen LogP contribution in [0.5, 0.6) is 0 Å². The number of anilines is 1. The van der Waals surface area contributed by atoms with Crippen LogP contribution in [0.25, 0.3) is 0 Å². The molecule has 6 nitrogen and oxygen atoms in total. The second-order valence-corrected chi connectivity index (χ2v) is 9.61. The van der Waals surface area contributed by atoms with Crippen LogP contribution in [-0.4, -0.2) is 25.6 Å². The zero-order valence-corrected chi connectivity index (χ0v) is 17.3. The molecule has 2 aliphatic rings. The Bertz CT molecular complexity index is 1050. The number of carbonyl (C=O) groups excluding carboxylic acids is 1. The first-order chi connectivity index (χ1) is 13.3. The molecule has 8 heteroatoms. The molecule has 28 heavy (non-hydrogen) atoms. The van der Waals surface area contributed by atoms with E-state index >= 15 is 0 Å². The minimum atomic E-state index is -3.35. The number of hydrogen-bond acceptors (Lipinski definition) is 4. The van der Waals surface area contributed by atoms with E-state index in [4.69, 9.17) is 11.6 Å². The first-order valence-corrected chi connectivity index (χ1v) is 11.6. The third kappa shape index (κ3) is 3.32. The van der Waals surface area contributed by atoms with Crippen molar-refractivity contribution in [3.63, 3.8) is 0 Å². The molecule has 148 valence electrons. The molecule has 2 aromatic rings. The second-order valence-electron chi connectivity index (χ2n) is 7.39. The van der Waals surface area contributed by atoms with Gasteiger partial charge in [-0.15, -0.1) is 0 Å². The molecule has 0 radical (unpaired) electrons. The highest BCUT2D eigenvalue weighted by molar-refractivity contribution is 7.88. The van der Waals surface area contributed by atoms with Gasteiger partial charge in [0.25, 0.3) is 5.91 Å². The zero-order chi connectivity index (χ0) is 20.1. The summed E-state index contributed by atoms with van der Waals surface area (Å²) in [6, 6.07) is 4.94. The molecule has 1 amide bonds. The van der Waals surface area contributed by atoms with Gasteiger partial charge >= 0.3 is 0 Å². The quantitative estimate of drug-likeness (QED) is 0.817. The summed E-state index contributed by atoms with van der Waals surface area (Å²) in [5.74, 6) is -0.0630. The van der Waals surface area contributed by atoms with Gasteiger partial charge in [0, 0.05) is 22.8 Å². The number of sulfonamides is 1. The molecule has 1 N–H and O–H groups in total. The zero-order valence-electron chi connectivity index (χ0n) is 15.8. The SMILES string of the molecule is CCC1c2cc(Cl)ccc2C(=O)N1c1cncc2c1CCCC2NS(C)(=O)=O. The fraction of sp³-hybridized carbons (Fsp3) is 0.400. The first-order valence-electron chi connectivity index (χ1n) is 9.37. The van der Waals surface area contributed by atoms with Crippen LogP contribution in [0.2, 0.25) is 5.02 Å². The standard InChI is InChI=1S/C20H22ClN3O3S/c1-3-18-15-9-12(21)7-8-14(15)20(25)24(18)19-11-22-10-16-13(19)5-4-6-17(16)23-28(2,26)27/h7-11,17-18,23H,3-6H2,1-2H3. The van der Waals surface area contributed by atoms with E-state index in [-0.39, 0.29) is 18.0 Å². The monoisotopic (exact) mass is 419 g/mol. The van der Waals surface area contributed by atoms with Crippen molar-refractivity contribution in [2.45, 2.75) is 44.7 Å². The van der Waals surface area contributed by atoms with Gasteiger partial charge in [0.05, 0.1) is 24.2 Å². The number of fused-ring (bicyclic) bond motifs is 2. The van der Waals surface area contributed by atoms with Gasteiger partial charge in [0.2, 0.25) is 10.0 Å². The second kappa shape index (κ2) is 7.13.